The first-order valence-electron chi connectivity index (χ1n) is 10.6. The number of hydrogen-bond acceptors (Lipinski definition) is 6. The maximum atomic E-state index is 12.2. The van der Waals surface area contributed by atoms with Gasteiger partial charge in [-0.3, -0.25) is 9.59 Å². The fourth-order valence-corrected chi connectivity index (χ4v) is 3.97. The van der Waals surface area contributed by atoms with Crippen molar-refractivity contribution < 1.29 is 18.7 Å². The number of aryl methyl sites for hydroxylation is 2. The molecule has 0 unspecified atom stereocenters. The Balaban J connectivity index is 1.20. The fraction of sp³-hybridized carbons (Fsp3) is 0.192. The summed E-state index contributed by atoms with van der Waals surface area (Å²) < 4.78 is 11.1. The maximum absolute atomic E-state index is 12.2. The highest BCUT2D eigenvalue weighted by Crippen LogP contribution is 2.22. The van der Waals surface area contributed by atoms with Gasteiger partial charge in [0.15, 0.2) is 0 Å². The van der Waals surface area contributed by atoms with Gasteiger partial charge >= 0.3 is 5.97 Å². The van der Waals surface area contributed by atoms with Gasteiger partial charge in [-0.2, -0.15) is 0 Å². The van der Waals surface area contributed by atoms with E-state index in [1.165, 1.54) is 11.3 Å². The van der Waals surface area contributed by atoms with Gasteiger partial charge in [-0.05, 0) is 31.2 Å². The molecule has 2 heterocycles. The number of furan rings is 1. The summed E-state index contributed by atoms with van der Waals surface area (Å²) in [6.07, 6.45) is 0.861. The van der Waals surface area contributed by atoms with Crippen LogP contribution in [0, 0.1) is 6.92 Å². The van der Waals surface area contributed by atoms with Crippen molar-refractivity contribution in [2.24, 2.45) is 0 Å². The number of carbonyl (C=O) groups excluding carboxylic acids is 2. The number of esters is 1. The van der Waals surface area contributed by atoms with E-state index in [1.807, 2.05) is 73.7 Å². The highest BCUT2D eigenvalue weighted by Gasteiger charge is 2.12. The van der Waals surface area contributed by atoms with Crippen molar-refractivity contribution in [2.45, 2.75) is 32.8 Å². The summed E-state index contributed by atoms with van der Waals surface area (Å²) in [6, 6.07) is 21.2. The molecule has 4 aromatic rings. The minimum atomic E-state index is -0.320. The van der Waals surface area contributed by atoms with E-state index in [2.05, 4.69) is 10.3 Å². The number of amides is 1. The van der Waals surface area contributed by atoms with Crippen LogP contribution in [0.15, 0.2) is 76.5 Å². The Hall–Kier alpha value is -3.71. The van der Waals surface area contributed by atoms with Crippen LogP contribution in [0.25, 0.3) is 11.3 Å². The first-order chi connectivity index (χ1) is 16.0. The van der Waals surface area contributed by atoms with Gasteiger partial charge in [0.25, 0.3) is 0 Å². The lowest BCUT2D eigenvalue weighted by Crippen LogP contribution is -2.14. The van der Waals surface area contributed by atoms with Crippen LogP contribution in [0.1, 0.15) is 28.4 Å². The Morgan fingerprint density at radius 2 is 1.82 bits per heavy atom. The summed E-state index contributed by atoms with van der Waals surface area (Å²) in [5, 5.41) is 5.34. The third-order valence-electron chi connectivity index (χ3n) is 4.92. The predicted molar refractivity (Wildman–Crippen MR) is 128 cm³/mol. The second-order valence-corrected chi connectivity index (χ2v) is 8.56. The van der Waals surface area contributed by atoms with E-state index in [1.54, 1.807) is 5.38 Å². The molecule has 0 fully saturated rings. The lowest BCUT2D eigenvalue weighted by molar-refractivity contribution is -0.145. The number of thiazole rings is 1. The van der Waals surface area contributed by atoms with E-state index < -0.39 is 0 Å². The highest BCUT2D eigenvalue weighted by atomic mass is 32.1. The maximum Gasteiger partial charge on any atom is 0.306 e. The van der Waals surface area contributed by atoms with Crippen molar-refractivity contribution in [1.82, 2.24) is 4.98 Å². The minimum absolute atomic E-state index is 0.0856. The summed E-state index contributed by atoms with van der Waals surface area (Å²) in [7, 11) is 0. The molecule has 1 amide bonds. The summed E-state index contributed by atoms with van der Waals surface area (Å²) in [5.74, 6) is 1.06. The normalized spacial score (nSPS) is 10.7. The molecule has 33 heavy (non-hydrogen) atoms. The first-order valence-corrected chi connectivity index (χ1v) is 11.5. The second-order valence-electron chi connectivity index (χ2n) is 7.62. The summed E-state index contributed by atoms with van der Waals surface area (Å²) in [4.78, 5) is 28.7. The SMILES string of the molecule is Cc1ccc(NC(=O)Cc2nc(COC(=O)CCc3ccc(-c4ccccc4)o3)cs2)cc1. The van der Waals surface area contributed by atoms with Crippen molar-refractivity contribution in [3.8, 4) is 11.3 Å². The van der Waals surface area contributed by atoms with Gasteiger partial charge < -0.3 is 14.5 Å². The van der Waals surface area contributed by atoms with E-state index in [4.69, 9.17) is 9.15 Å². The van der Waals surface area contributed by atoms with Crippen LogP contribution in [-0.2, 0) is 33.8 Å². The number of rotatable bonds is 9. The summed E-state index contributed by atoms with van der Waals surface area (Å²) in [5.41, 5.74) is 3.52. The molecule has 0 aliphatic carbocycles. The van der Waals surface area contributed by atoms with E-state index in [0.29, 0.717) is 17.1 Å². The lowest BCUT2D eigenvalue weighted by Gasteiger charge is -2.04. The molecule has 2 aromatic carbocycles. The number of anilines is 1. The second kappa shape index (κ2) is 10.7. The van der Waals surface area contributed by atoms with Crippen LogP contribution in [0.2, 0.25) is 0 Å². The van der Waals surface area contributed by atoms with Crippen LogP contribution in [0.4, 0.5) is 5.69 Å². The molecule has 2 aromatic heterocycles. The molecule has 6 nitrogen and oxygen atoms in total. The molecule has 0 radical (unpaired) electrons. The topological polar surface area (TPSA) is 81.4 Å². The average Bonchev–Trinajstić information content (AvgIpc) is 3.48. The number of aromatic nitrogens is 1. The van der Waals surface area contributed by atoms with E-state index >= 15 is 0 Å². The monoisotopic (exact) mass is 460 g/mol. The molecule has 0 saturated heterocycles. The number of nitrogens with zero attached hydrogens (tertiary/aromatic N) is 1. The molecule has 1 N–H and O–H groups in total. The summed E-state index contributed by atoms with van der Waals surface area (Å²) in [6.45, 7) is 2.08. The molecular weight excluding hydrogens is 436 g/mol. The molecule has 0 saturated carbocycles. The summed E-state index contributed by atoms with van der Waals surface area (Å²) >= 11 is 1.38. The number of carbonyl (C=O) groups is 2. The molecule has 0 atom stereocenters. The number of nitrogens with one attached hydrogen (secondary N) is 1. The van der Waals surface area contributed by atoms with Crippen molar-refractivity contribution in [3.63, 3.8) is 0 Å². The van der Waals surface area contributed by atoms with Crippen LogP contribution in [0.5, 0.6) is 0 Å². The smallest absolute Gasteiger partial charge is 0.306 e. The van der Waals surface area contributed by atoms with Crippen molar-refractivity contribution in [1.29, 1.82) is 0 Å². The van der Waals surface area contributed by atoms with Gasteiger partial charge in [-0.15, -0.1) is 11.3 Å². The minimum Gasteiger partial charge on any atom is -0.461 e. The van der Waals surface area contributed by atoms with Gasteiger partial charge in [-0.25, -0.2) is 4.98 Å². The fourth-order valence-electron chi connectivity index (χ4n) is 3.20. The quantitative estimate of drug-likeness (QED) is 0.330. The van der Waals surface area contributed by atoms with E-state index in [-0.39, 0.29) is 31.3 Å². The Labute approximate surface area is 196 Å². The van der Waals surface area contributed by atoms with Gasteiger partial charge in [-0.1, -0.05) is 48.0 Å². The lowest BCUT2D eigenvalue weighted by atomic mass is 10.2. The molecule has 0 aliphatic rings. The van der Waals surface area contributed by atoms with Crippen LogP contribution >= 0.6 is 11.3 Å². The number of hydrogen-bond donors (Lipinski definition) is 1. The number of ether oxygens (including phenoxy) is 1. The van der Waals surface area contributed by atoms with E-state index in [9.17, 15) is 9.59 Å². The Morgan fingerprint density at radius 3 is 2.61 bits per heavy atom. The highest BCUT2D eigenvalue weighted by molar-refractivity contribution is 7.09. The average molecular weight is 461 g/mol. The molecule has 0 aliphatic heterocycles. The Morgan fingerprint density at radius 1 is 1.03 bits per heavy atom. The van der Waals surface area contributed by atoms with Crippen molar-refractivity contribution in [3.05, 3.63) is 94.1 Å². The van der Waals surface area contributed by atoms with Crippen LogP contribution in [-0.4, -0.2) is 16.9 Å². The zero-order valence-electron chi connectivity index (χ0n) is 18.2. The Bertz CT molecular complexity index is 1210. The molecule has 0 spiro atoms. The standard InChI is InChI=1S/C26H24N2O4S/c1-18-7-9-20(10-8-18)27-24(29)15-25-28-21(17-33-25)16-31-26(30)14-12-22-11-13-23(32-22)19-5-3-2-4-6-19/h2-11,13,17H,12,14-16H2,1H3,(H,27,29). The number of benzene rings is 2. The molecule has 4 rings (SSSR count). The van der Waals surface area contributed by atoms with Crippen molar-refractivity contribution in [2.75, 3.05) is 5.32 Å². The van der Waals surface area contributed by atoms with Crippen molar-refractivity contribution >= 4 is 28.9 Å². The molecule has 7 heteroatoms. The predicted octanol–water partition coefficient (Wildman–Crippen LogP) is 5.57. The zero-order chi connectivity index (χ0) is 23.0. The largest absolute Gasteiger partial charge is 0.461 e. The molecule has 0 bridgehead atoms. The van der Waals surface area contributed by atoms with Crippen LogP contribution < -0.4 is 5.32 Å². The Kier molecular flexibility index (Phi) is 7.32. The van der Waals surface area contributed by atoms with Gasteiger partial charge in [0, 0.05) is 23.1 Å². The third-order valence-corrected chi connectivity index (χ3v) is 5.82. The molecule has 168 valence electrons. The zero-order valence-corrected chi connectivity index (χ0v) is 19.1. The van der Waals surface area contributed by atoms with Gasteiger partial charge in [0.05, 0.1) is 18.5 Å². The third kappa shape index (κ3) is 6.63. The molecular formula is C26H24N2O4S. The van der Waals surface area contributed by atoms with Gasteiger partial charge in [0.2, 0.25) is 5.91 Å². The van der Waals surface area contributed by atoms with Gasteiger partial charge in [0.1, 0.15) is 23.1 Å². The first kappa shape index (κ1) is 22.5. The van der Waals surface area contributed by atoms with E-state index in [0.717, 1.165) is 28.3 Å². The van der Waals surface area contributed by atoms with Crippen LogP contribution in [0.3, 0.4) is 0 Å².